The average Bonchev–Trinajstić information content (AvgIpc) is 3.26. The number of nitrogens with one attached hydrogen (secondary N) is 2. The number of benzene rings is 1. The van der Waals surface area contributed by atoms with Crippen molar-refractivity contribution >= 4 is 23.2 Å². The molecule has 0 saturated carbocycles. The Kier molecular flexibility index (Phi) is 6.39. The van der Waals surface area contributed by atoms with Gasteiger partial charge in [0.2, 0.25) is 5.56 Å². The molecule has 0 spiro atoms. The molecule has 2 fully saturated rings. The summed E-state index contributed by atoms with van der Waals surface area (Å²) in [6.45, 7) is 11.3. The number of likely N-dealkylation sites (tertiary alicyclic amines) is 2. The van der Waals surface area contributed by atoms with E-state index in [9.17, 15) is 9.59 Å². The summed E-state index contributed by atoms with van der Waals surface area (Å²) in [5, 5.41) is 4.25. The van der Waals surface area contributed by atoms with E-state index in [4.69, 9.17) is 11.6 Å². The zero-order chi connectivity index (χ0) is 22.1. The van der Waals surface area contributed by atoms with E-state index in [2.05, 4.69) is 21.3 Å². The molecular formula is C24H31ClN4O2. The number of pyridine rings is 1. The number of aromatic nitrogens is 1. The van der Waals surface area contributed by atoms with Crippen LogP contribution in [0.3, 0.4) is 0 Å². The van der Waals surface area contributed by atoms with Crippen molar-refractivity contribution in [3.8, 4) is 0 Å². The number of aryl methyl sites for hydroxylation is 3. The molecule has 2 aliphatic heterocycles. The highest BCUT2D eigenvalue weighted by Gasteiger charge is 2.41. The third-order valence-corrected chi connectivity index (χ3v) is 7.05. The average molecular weight is 443 g/mol. The molecule has 0 aliphatic carbocycles. The van der Waals surface area contributed by atoms with Crippen LogP contribution in [0.2, 0.25) is 5.02 Å². The number of fused-ring (bicyclic) bond motifs is 1. The number of amides is 1. The van der Waals surface area contributed by atoms with Crippen molar-refractivity contribution in [3.63, 3.8) is 0 Å². The van der Waals surface area contributed by atoms with Crippen LogP contribution in [0.15, 0.2) is 29.1 Å². The number of aromatic amines is 1. The molecule has 1 amide bonds. The maximum atomic E-state index is 13.1. The van der Waals surface area contributed by atoms with Gasteiger partial charge >= 0.3 is 0 Å². The lowest BCUT2D eigenvalue weighted by atomic mass is 10.0. The Bertz CT molecular complexity index is 994. The van der Waals surface area contributed by atoms with E-state index in [1.807, 2.05) is 30.9 Å². The summed E-state index contributed by atoms with van der Waals surface area (Å²) in [4.78, 5) is 32.0. The number of rotatable bonds is 6. The Morgan fingerprint density at radius 1 is 1.10 bits per heavy atom. The summed E-state index contributed by atoms with van der Waals surface area (Å²) in [5.74, 6) is 1.13. The Morgan fingerprint density at radius 2 is 1.81 bits per heavy atom. The fourth-order valence-electron chi connectivity index (χ4n) is 5.01. The van der Waals surface area contributed by atoms with Gasteiger partial charge in [-0.05, 0) is 68.8 Å². The number of carbonyl (C=O) groups excluding carboxylic acids is 1. The van der Waals surface area contributed by atoms with Gasteiger partial charge in [-0.25, -0.2) is 0 Å². The van der Waals surface area contributed by atoms with Crippen LogP contribution >= 0.6 is 11.6 Å². The normalized spacial score (nSPS) is 20.8. The Labute approximate surface area is 188 Å². The topological polar surface area (TPSA) is 68.4 Å². The van der Waals surface area contributed by atoms with Crippen molar-refractivity contribution in [1.29, 1.82) is 0 Å². The first-order chi connectivity index (χ1) is 14.8. The first kappa shape index (κ1) is 21.9. The quantitative estimate of drug-likeness (QED) is 0.672. The largest absolute Gasteiger partial charge is 0.385 e. The Hall–Kier alpha value is -2.31. The zero-order valence-electron chi connectivity index (χ0n) is 18.5. The molecule has 3 heterocycles. The predicted octanol–water partition coefficient (Wildman–Crippen LogP) is 3.46. The van der Waals surface area contributed by atoms with Crippen LogP contribution in [-0.2, 0) is 0 Å². The summed E-state index contributed by atoms with van der Waals surface area (Å²) in [6.07, 6.45) is 1.07. The number of H-pyrrole nitrogens is 1. The highest BCUT2D eigenvalue weighted by atomic mass is 35.5. The van der Waals surface area contributed by atoms with Crippen molar-refractivity contribution in [2.24, 2.45) is 11.8 Å². The van der Waals surface area contributed by atoms with Gasteiger partial charge in [0.25, 0.3) is 5.91 Å². The van der Waals surface area contributed by atoms with Gasteiger partial charge < -0.3 is 20.1 Å². The number of hydrogen-bond donors (Lipinski definition) is 2. The van der Waals surface area contributed by atoms with E-state index in [0.29, 0.717) is 23.1 Å². The molecule has 2 unspecified atom stereocenters. The van der Waals surface area contributed by atoms with Crippen LogP contribution in [0.25, 0.3) is 0 Å². The highest BCUT2D eigenvalue weighted by molar-refractivity contribution is 6.31. The van der Waals surface area contributed by atoms with E-state index >= 15 is 0 Å². The maximum absolute atomic E-state index is 13.1. The smallest absolute Gasteiger partial charge is 0.255 e. The molecule has 166 valence electrons. The SMILES string of the molecule is Cc1ccc(NCCCN2CC3CN(C(=O)c4c(C)cc(=O)[nH]c4C)CC3C2)cc1Cl. The third-order valence-electron chi connectivity index (χ3n) is 6.64. The van der Waals surface area contributed by atoms with Crippen molar-refractivity contribution in [1.82, 2.24) is 14.8 Å². The van der Waals surface area contributed by atoms with Gasteiger partial charge in [0.05, 0.1) is 5.56 Å². The van der Waals surface area contributed by atoms with Crippen LogP contribution in [0.5, 0.6) is 0 Å². The Balaban J connectivity index is 1.24. The van der Waals surface area contributed by atoms with E-state index in [1.165, 1.54) is 6.07 Å². The molecule has 0 bridgehead atoms. The second-order valence-corrected chi connectivity index (χ2v) is 9.46. The molecule has 6 nitrogen and oxygen atoms in total. The fourth-order valence-corrected chi connectivity index (χ4v) is 5.19. The zero-order valence-corrected chi connectivity index (χ0v) is 19.3. The maximum Gasteiger partial charge on any atom is 0.255 e. The molecule has 1 aromatic heterocycles. The van der Waals surface area contributed by atoms with Gasteiger partial charge in [-0.3, -0.25) is 9.59 Å². The molecule has 2 aromatic rings. The summed E-state index contributed by atoms with van der Waals surface area (Å²) in [7, 11) is 0. The van der Waals surface area contributed by atoms with Crippen molar-refractivity contribution in [2.45, 2.75) is 27.2 Å². The highest BCUT2D eigenvalue weighted by Crippen LogP contribution is 2.32. The molecular weight excluding hydrogens is 412 g/mol. The molecule has 1 aromatic carbocycles. The van der Waals surface area contributed by atoms with Crippen LogP contribution in [0.1, 0.15) is 33.6 Å². The van der Waals surface area contributed by atoms with Crippen molar-refractivity contribution < 1.29 is 4.79 Å². The number of hydrogen-bond acceptors (Lipinski definition) is 4. The molecule has 0 radical (unpaired) electrons. The fraction of sp³-hybridized carbons (Fsp3) is 0.500. The second kappa shape index (κ2) is 9.05. The molecule has 4 rings (SSSR count). The van der Waals surface area contributed by atoms with Gasteiger partial charge in [0.15, 0.2) is 0 Å². The van der Waals surface area contributed by atoms with Gasteiger partial charge in [0.1, 0.15) is 0 Å². The van der Waals surface area contributed by atoms with Crippen molar-refractivity contribution in [3.05, 3.63) is 62.0 Å². The van der Waals surface area contributed by atoms with Crippen LogP contribution in [0, 0.1) is 32.6 Å². The predicted molar refractivity (Wildman–Crippen MR) is 125 cm³/mol. The second-order valence-electron chi connectivity index (χ2n) is 9.05. The van der Waals surface area contributed by atoms with E-state index in [1.54, 1.807) is 6.92 Å². The standard InChI is InChI=1S/C24H31ClN4O2/c1-15-5-6-20(10-21(15)25)26-7-4-8-28-11-18-13-29(14-19(18)12-28)24(31)23-16(2)9-22(30)27-17(23)3/h5-6,9-10,18-19,26H,4,7-8,11-14H2,1-3H3,(H,27,30). The molecule has 31 heavy (non-hydrogen) atoms. The summed E-state index contributed by atoms with van der Waals surface area (Å²) in [5.41, 5.74) is 4.08. The Morgan fingerprint density at radius 3 is 2.45 bits per heavy atom. The number of carbonyl (C=O) groups is 1. The van der Waals surface area contributed by atoms with Crippen LogP contribution in [-0.4, -0.2) is 60.0 Å². The van der Waals surface area contributed by atoms with Crippen LogP contribution in [0.4, 0.5) is 5.69 Å². The summed E-state index contributed by atoms with van der Waals surface area (Å²) < 4.78 is 0. The number of halogens is 1. The number of nitrogens with zero attached hydrogens (tertiary/aromatic N) is 2. The molecule has 2 aliphatic rings. The lowest BCUT2D eigenvalue weighted by Crippen LogP contribution is -2.35. The third kappa shape index (κ3) is 4.80. The number of anilines is 1. The molecule has 2 saturated heterocycles. The van der Waals surface area contributed by atoms with Crippen molar-refractivity contribution in [2.75, 3.05) is 44.6 Å². The van der Waals surface area contributed by atoms with E-state index in [-0.39, 0.29) is 11.5 Å². The van der Waals surface area contributed by atoms with Crippen LogP contribution < -0.4 is 10.9 Å². The molecule has 7 heteroatoms. The van der Waals surface area contributed by atoms with Gasteiger partial charge in [-0.15, -0.1) is 0 Å². The molecule has 2 atom stereocenters. The minimum Gasteiger partial charge on any atom is -0.385 e. The van der Waals surface area contributed by atoms with E-state index < -0.39 is 0 Å². The summed E-state index contributed by atoms with van der Waals surface area (Å²) in [6, 6.07) is 7.60. The van der Waals surface area contributed by atoms with E-state index in [0.717, 1.165) is 67.5 Å². The first-order valence-corrected chi connectivity index (χ1v) is 11.4. The lowest BCUT2D eigenvalue weighted by molar-refractivity contribution is 0.0772. The molecule has 2 N–H and O–H groups in total. The van der Waals surface area contributed by atoms with Gasteiger partial charge in [-0.1, -0.05) is 17.7 Å². The van der Waals surface area contributed by atoms with Gasteiger partial charge in [-0.2, -0.15) is 0 Å². The first-order valence-electron chi connectivity index (χ1n) is 11.0. The lowest BCUT2D eigenvalue weighted by Gasteiger charge is -2.23. The van der Waals surface area contributed by atoms with Gasteiger partial charge in [0, 0.05) is 55.2 Å². The summed E-state index contributed by atoms with van der Waals surface area (Å²) >= 11 is 6.19. The minimum absolute atomic E-state index is 0.0492. The monoisotopic (exact) mass is 442 g/mol. The minimum atomic E-state index is -0.152.